The van der Waals surface area contributed by atoms with E-state index in [2.05, 4.69) is 56.3 Å². The van der Waals surface area contributed by atoms with Gasteiger partial charge in [-0.1, -0.05) is 26.0 Å². The van der Waals surface area contributed by atoms with Gasteiger partial charge >= 0.3 is 0 Å². The molecule has 1 N–H and O–H groups in total. The maximum Gasteiger partial charge on any atom is 0.0571 e. The molecule has 3 nitrogen and oxygen atoms in total. The average molecular weight is 257 g/mol. The molecule has 2 rings (SSSR count). The fourth-order valence-electron chi connectivity index (χ4n) is 2.15. The maximum absolute atomic E-state index is 4.34. The first-order valence-electron chi connectivity index (χ1n) is 6.81. The Bertz CT molecular complexity index is 567. The van der Waals surface area contributed by atoms with Crippen molar-refractivity contribution >= 4 is 0 Å². The third kappa shape index (κ3) is 3.04. The van der Waals surface area contributed by atoms with Crippen LogP contribution in [0, 0.1) is 13.8 Å². The molecule has 0 spiro atoms. The second-order valence-electron chi connectivity index (χ2n) is 5.45. The molecule has 0 bridgehead atoms. The van der Waals surface area contributed by atoms with E-state index in [0.29, 0.717) is 6.04 Å². The van der Waals surface area contributed by atoms with Crippen molar-refractivity contribution in [2.75, 3.05) is 0 Å². The fourth-order valence-corrected chi connectivity index (χ4v) is 2.15. The highest BCUT2D eigenvalue weighted by atomic mass is 15.3. The van der Waals surface area contributed by atoms with Crippen LogP contribution in [-0.2, 0) is 13.6 Å². The Morgan fingerprint density at radius 2 is 1.95 bits per heavy atom. The summed E-state index contributed by atoms with van der Waals surface area (Å²) >= 11 is 0. The number of nitrogens with one attached hydrogen (secondary N) is 1. The lowest BCUT2D eigenvalue weighted by Crippen LogP contribution is -2.21. The van der Waals surface area contributed by atoms with Gasteiger partial charge in [0.15, 0.2) is 0 Å². The van der Waals surface area contributed by atoms with Gasteiger partial charge in [-0.15, -0.1) is 0 Å². The van der Waals surface area contributed by atoms with Gasteiger partial charge in [-0.05, 0) is 36.6 Å². The third-order valence-electron chi connectivity index (χ3n) is 3.54. The average Bonchev–Trinajstić information content (AvgIpc) is 2.69. The number of nitrogens with zero attached hydrogens (tertiary/aromatic N) is 2. The molecule has 102 valence electrons. The maximum atomic E-state index is 4.34. The molecule has 1 aromatic heterocycles. The lowest BCUT2D eigenvalue weighted by molar-refractivity contribution is 0.589. The summed E-state index contributed by atoms with van der Waals surface area (Å²) in [4.78, 5) is 0. The van der Waals surface area contributed by atoms with Gasteiger partial charge in [0.05, 0.1) is 6.20 Å². The van der Waals surface area contributed by atoms with E-state index in [9.17, 15) is 0 Å². The predicted octanol–water partition coefficient (Wildman–Crippen LogP) is 3.20. The summed E-state index contributed by atoms with van der Waals surface area (Å²) < 4.78 is 1.92. The molecule has 1 heterocycles. The molecule has 0 aliphatic rings. The van der Waals surface area contributed by atoms with E-state index in [0.717, 1.165) is 6.54 Å². The molecule has 0 aliphatic carbocycles. The van der Waals surface area contributed by atoms with E-state index < -0.39 is 0 Å². The largest absolute Gasteiger partial charge is 0.310 e. The molecule has 0 saturated carbocycles. The molecule has 0 saturated heterocycles. The van der Waals surface area contributed by atoms with E-state index in [1.165, 1.54) is 27.9 Å². The van der Waals surface area contributed by atoms with E-state index in [4.69, 9.17) is 0 Å². The van der Waals surface area contributed by atoms with Gasteiger partial charge in [0.25, 0.3) is 0 Å². The Morgan fingerprint density at radius 1 is 1.21 bits per heavy atom. The summed E-state index contributed by atoms with van der Waals surface area (Å²) in [6.07, 6.45) is 1.96. The summed E-state index contributed by atoms with van der Waals surface area (Å²) in [5.41, 5.74) is 6.33. The lowest BCUT2D eigenvalue weighted by atomic mass is 9.98. The van der Waals surface area contributed by atoms with Gasteiger partial charge < -0.3 is 5.32 Å². The number of aryl methyl sites for hydroxylation is 2. The zero-order valence-corrected chi connectivity index (χ0v) is 12.5. The molecule has 0 unspecified atom stereocenters. The molecular formula is C16H23N3. The van der Waals surface area contributed by atoms with Crippen molar-refractivity contribution in [3.05, 3.63) is 41.2 Å². The Kier molecular flexibility index (Phi) is 4.05. The van der Waals surface area contributed by atoms with Crippen molar-refractivity contribution in [3.63, 3.8) is 0 Å². The molecule has 1 aromatic carbocycles. The quantitative estimate of drug-likeness (QED) is 0.911. The van der Waals surface area contributed by atoms with Gasteiger partial charge in [-0.2, -0.15) is 5.10 Å². The monoisotopic (exact) mass is 257 g/mol. The van der Waals surface area contributed by atoms with Crippen LogP contribution in [0.2, 0.25) is 0 Å². The van der Waals surface area contributed by atoms with Crippen LogP contribution in [0.4, 0.5) is 0 Å². The smallest absolute Gasteiger partial charge is 0.0571 e. The molecule has 0 amide bonds. The van der Waals surface area contributed by atoms with Crippen LogP contribution in [0.1, 0.15) is 30.7 Å². The highest BCUT2D eigenvalue weighted by Crippen LogP contribution is 2.27. The minimum atomic E-state index is 0.505. The van der Waals surface area contributed by atoms with Crippen molar-refractivity contribution in [1.29, 1.82) is 0 Å². The number of hydrogen-bond acceptors (Lipinski definition) is 2. The van der Waals surface area contributed by atoms with Gasteiger partial charge in [0, 0.05) is 30.9 Å². The van der Waals surface area contributed by atoms with Gasteiger partial charge in [0.2, 0.25) is 0 Å². The van der Waals surface area contributed by atoms with Crippen molar-refractivity contribution in [2.24, 2.45) is 7.05 Å². The van der Waals surface area contributed by atoms with Crippen LogP contribution < -0.4 is 5.32 Å². The summed E-state index contributed by atoms with van der Waals surface area (Å²) in [6.45, 7) is 9.51. The van der Waals surface area contributed by atoms with E-state index in [1.807, 2.05) is 17.9 Å². The Labute approximate surface area is 115 Å². The van der Waals surface area contributed by atoms with Crippen molar-refractivity contribution in [2.45, 2.75) is 40.3 Å². The Balaban J connectivity index is 2.34. The van der Waals surface area contributed by atoms with Crippen molar-refractivity contribution in [1.82, 2.24) is 15.1 Å². The van der Waals surface area contributed by atoms with Crippen LogP contribution in [0.15, 0.2) is 24.4 Å². The summed E-state index contributed by atoms with van der Waals surface area (Å²) in [5, 5.41) is 7.80. The number of hydrogen-bond donors (Lipinski definition) is 1. The lowest BCUT2D eigenvalue weighted by Gasteiger charge is -2.11. The van der Waals surface area contributed by atoms with E-state index in [-0.39, 0.29) is 0 Å². The summed E-state index contributed by atoms with van der Waals surface area (Å²) in [7, 11) is 1.98. The number of rotatable bonds is 4. The van der Waals surface area contributed by atoms with Gasteiger partial charge in [-0.3, -0.25) is 4.68 Å². The Morgan fingerprint density at radius 3 is 2.53 bits per heavy atom. The Hall–Kier alpha value is -1.61. The topological polar surface area (TPSA) is 29.9 Å². The van der Waals surface area contributed by atoms with Crippen LogP contribution in [0.5, 0.6) is 0 Å². The van der Waals surface area contributed by atoms with Crippen LogP contribution in [-0.4, -0.2) is 15.8 Å². The van der Waals surface area contributed by atoms with Crippen LogP contribution in [0.3, 0.4) is 0 Å². The minimum Gasteiger partial charge on any atom is -0.310 e. The number of benzene rings is 1. The number of aromatic nitrogens is 2. The standard InChI is InChI=1S/C16H23N3/c1-11(2)17-9-14-7-6-12(3)15(8-14)16-10-18-19(5)13(16)4/h6-8,10-11,17H,9H2,1-5H3. The summed E-state index contributed by atoms with van der Waals surface area (Å²) in [6, 6.07) is 7.16. The molecule has 0 atom stereocenters. The summed E-state index contributed by atoms with van der Waals surface area (Å²) in [5.74, 6) is 0. The van der Waals surface area contributed by atoms with E-state index >= 15 is 0 Å². The molecule has 2 aromatic rings. The first-order chi connectivity index (χ1) is 8.99. The zero-order chi connectivity index (χ0) is 14.0. The second-order valence-corrected chi connectivity index (χ2v) is 5.45. The minimum absolute atomic E-state index is 0.505. The van der Waals surface area contributed by atoms with Crippen molar-refractivity contribution < 1.29 is 0 Å². The molecular weight excluding hydrogens is 234 g/mol. The van der Waals surface area contributed by atoms with Crippen LogP contribution >= 0.6 is 0 Å². The third-order valence-corrected chi connectivity index (χ3v) is 3.54. The van der Waals surface area contributed by atoms with Gasteiger partial charge in [0.1, 0.15) is 0 Å². The van der Waals surface area contributed by atoms with Crippen molar-refractivity contribution in [3.8, 4) is 11.1 Å². The molecule has 0 fully saturated rings. The van der Waals surface area contributed by atoms with Crippen LogP contribution in [0.25, 0.3) is 11.1 Å². The second kappa shape index (κ2) is 5.57. The van der Waals surface area contributed by atoms with Gasteiger partial charge in [-0.25, -0.2) is 0 Å². The zero-order valence-electron chi connectivity index (χ0n) is 12.5. The normalized spacial score (nSPS) is 11.3. The highest BCUT2D eigenvalue weighted by molar-refractivity contribution is 5.69. The molecule has 3 heteroatoms. The fraction of sp³-hybridized carbons (Fsp3) is 0.438. The molecule has 0 aliphatic heterocycles. The first-order valence-corrected chi connectivity index (χ1v) is 6.81. The molecule has 19 heavy (non-hydrogen) atoms. The predicted molar refractivity (Wildman–Crippen MR) is 80.1 cm³/mol. The van der Waals surface area contributed by atoms with E-state index in [1.54, 1.807) is 0 Å². The highest BCUT2D eigenvalue weighted by Gasteiger charge is 2.09. The molecule has 0 radical (unpaired) electrons. The SMILES string of the molecule is Cc1ccc(CNC(C)C)cc1-c1cnn(C)c1C. The first kappa shape index (κ1) is 13.8.